The molecule has 7 nitrogen and oxygen atoms in total. The Morgan fingerprint density at radius 3 is 2.69 bits per heavy atom. The van der Waals surface area contributed by atoms with Crippen molar-refractivity contribution in [3.8, 4) is 11.3 Å². The molecule has 10 heteroatoms. The van der Waals surface area contributed by atoms with Crippen LogP contribution in [0.3, 0.4) is 0 Å². The summed E-state index contributed by atoms with van der Waals surface area (Å²) in [6.45, 7) is 1.96. The summed E-state index contributed by atoms with van der Waals surface area (Å²) in [7, 11) is 0. The van der Waals surface area contributed by atoms with E-state index in [1.807, 2.05) is 0 Å². The Morgan fingerprint density at radius 2 is 2.00 bits per heavy atom. The van der Waals surface area contributed by atoms with E-state index in [1.54, 1.807) is 24.4 Å². The fourth-order valence-electron chi connectivity index (χ4n) is 2.88. The van der Waals surface area contributed by atoms with Crippen LogP contribution >= 0.6 is 11.3 Å². The van der Waals surface area contributed by atoms with Crippen molar-refractivity contribution in [2.75, 3.05) is 18.5 Å². The average molecular weight is 462 g/mol. The van der Waals surface area contributed by atoms with E-state index in [-0.39, 0.29) is 43.0 Å². The Bertz CT molecular complexity index is 1110. The number of nitrogens with one attached hydrogen (secondary N) is 2. The van der Waals surface area contributed by atoms with Crippen LogP contribution in [0.15, 0.2) is 46.4 Å². The molecule has 0 aliphatic rings. The van der Waals surface area contributed by atoms with Crippen molar-refractivity contribution in [3.63, 3.8) is 0 Å². The second-order valence-electron chi connectivity index (χ2n) is 6.58. The van der Waals surface area contributed by atoms with Crippen LogP contribution in [0, 0.1) is 11.6 Å². The molecule has 1 aromatic carbocycles. The molecule has 2 aromatic heterocycles. The summed E-state index contributed by atoms with van der Waals surface area (Å²) >= 11 is 1.17. The van der Waals surface area contributed by atoms with Gasteiger partial charge in [0.15, 0.2) is 0 Å². The Hall–Kier alpha value is -3.53. The molecule has 2 heterocycles. The maximum absolute atomic E-state index is 13.6. The minimum Gasteiger partial charge on any atom is -0.464 e. The van der Waals surface area contributed by atoms with E-state index in [0.717, 1.165) is 12.1 Å². The zero-order valence-electron chi connectivity index (χ0n) is 17.1. The van der Waals surface area contributed by atoms with Gasteiger partial charge in [-0.2, -0.15) is 0 Å². The van der Waals surface area contributed by atoms with Crippen molar-refractivity contribution in [2.24, 2.45) is 0 Å². The highest BCUT2D eigenvalue weighted by molar-refractivity contribution is 7.15. The van der Waals surface area contributed by atoms with Gasteiger partial charge in [0.1, 0.15) is 28.0 Å². The molecule has 0 radical (unpaired) electrons. The quantitative estimate of drug-likeness (QED) is 0.358. The first-order valence-corrected chi connectivity index (χ1v) is 10.6. The lowest BCUT2D eigenvalue weighted by Gasteiger charge is -2.09. The minimum atomic E-state index is -0.961. The number of carbonyl (C=O) groups is 3. The SMILES string of the molecule is CCOC(=O)c1c(-c2ccco2)csc1NC(=O)CCCNC(=O)c1ccc(F)cc1F. The molecule has 0 spiro atoms. The van der Waals surface area contributed by atoms with Crippen molar-refractivity contribution in [1.29, 1.82) is 0 Å². The zero-order valence-corrected chi connectivity index (χ0v) is 17.9. The molecular weight excluding hydrogens is 442 g/mol. The van der Waals surface area contributed by atoms with Crippen LogP contribution in [0.4, 0.5) is 13.8 Å². The van der Waals surface area contributed by atoms with Gasteiger partial charge in [0.05, 0.1) is 18.4 Å². The van der Waals surface area contributed by atoms with Gasteiger partial charge in [-0.3, -0.25) is 9.59 Å². The molecule has 168 valence electrons. The third-order valence-electron chi connectivity index (χ3n) is 4.35. The molecule has 0 aliphatic heterocycles. The summed E-state index contributed by atoms with van der Waals surface area (Å²) in [5.74, 6) is -2.91. The van der Waals surface area contributed by atoms with E-state index >= 15 is 0 Å². The number of furan rings is 1. The van der Waals surface area contributed by atoms with E-state index in [9.17, 15) is 23.2 Å². The fraction of sp³-hybridized carbons (Fsp3) is 0.227. The van der Waals surface area contributed by atoms with Crippen molar-refractivity contribution < 1.29 is 32.3 Å². The smallest absolute Gasteiger partial charge is 0.341 e. The highest BCUT2D eigenvalue weighted by Crippen LogP contribution is 2.36. The first-order chi connectivity index (χ1) is 15.4. The first-order valence-electron chi connectivity index (χ1n) is 9.76. The number of ether oxygens (including phenoxy) is 1. The maximum atomic E-state index is 13.6. The largest absolute Gasteiger partial charge is 0.464 e. The van der Waals surface area contributed by atoms with Gasteiger partial charge in [-0.1, -0.05) is 0 Å². The number of amides is 2. The van der Waals surface area contributed by atoms with Crippen molar-refractivity contribution in [2.45, 2.75) is 19.8 Å². The Morgan fingerprint density at radius 1 is 1.19 bits per heavy atom. The number of thiophene rings is 1. The monoisotopic (exact) mass is 462 g/mol. The molecular formula is C22H20F2N2O5S. The molecule has 0 saturated carbocycles. The van der Waals surface area contributed by atoms with Gasteiger partial charge in [-0.05, 0) is 37.6 Å². The van der Waals surface area contributed by atoms with Gasteiger partial charge in [0.25, 0.3) is 5.91 Å². The minimum absolute atomic E-state index is 0.0441. The molecule has 0 bridgehead atoms. The van der Waals surface area contributed by atoms with Crippen molar-refractivity contribution >= 4 is 34.1 Å². The second-order valence-corrected chi connectivity index (χ2v) is 7.46. The van der Waals surface area contributed by atoms with E-state index in [4.69, 9.17) is 9.15 Å². The molecule has 0 atom stereocenters. The van der Waals surface area contributed by atoms with Gasteiger partial charge in [0.2, 0.25) is 5.91 Å². The molecule has 0 aliphatic carbocycles. The average Bonchev–Trinajstić information content (AvgIpc) is 3.41. The van der Waals surface area contributed by atoms with Crippen LogP contribution in [0.1, 0.15) is 40.5 Å². The predicted octanol–water partition coefficient (Wildman–Crippen LogP) is 4.61. The van der Waals surface area contributed by atoms with Gasteiger partial charge in [0, 0.05) is 30.0 Å². The van der Waals surface area contributed by atoms with Gasteiger partial charge >= 0.3 is 5.97 Å². The lowest BCUT2D eigenvalue weighted by Crippen LogP contribution is -2.26. The summed E-state index contributed by atoms with van der Waals surface area (Å²) in [6.07, 6.45) is 1.79. The number of rotatable bonds is 9. The van der Waals surface area contributed by atoms with E-state index < -0.39 is 23.5 Å². The summed E-state index contributed by atoms with van der Waals surface area (Å²) in [6, 6.07) is 6.05. The summed E-state index contributed by atoms with van der Waals surface area (Å²) in [5, 5.41) is 7.20. The molecule has 2 amide bonds. The molecule has 3 rings (SSSR count). The molecule has 0 fully saturated rings. The molecule has 3 aromatic rings. The maximum Gasteiger partial charge on any atom is 0.341 e. The number of halogens is 2. The molecule has 2 N–H and O–H groups in total. The van der Waals surface area contributed by atoms with Crippen LogP contribution in [0.2, 0.25) is 0 Å². The number of hydrogen-bond donors (Lipinski definition) is 2. The number of esters is 1. The summed E-state index contributed by atoms with van der Waals surface area (Å²) in [5.41, 5.74) is 0.446. The highest BCUT2D eigenvalue weighted by atomic mass is 32.1. The van der Waals surface area contributed by atoms with Crippen molar-refractivity contribution in [3.05, 3.63) is 64.7 Å². The van der Waals surface area contributed by atoms with Crippen LogP contribution in [0.5, 0.6) is 0 Å². The summed E-state index contributed by atoms with van der Waals surface area (Å²) < 4.78 is 37.0. The lowest BCUT2D eigenvalue weighted by molar-refractivity contribution is -0.116. The standard InChI is InChI=1S/C22H20F2N2O5S/c1-2-30-22(29)19-15(17-5-4-10-31-17)12-32-21(19)26-18(27)6-3-9-25-20(28)14-8-7-13(23)11-16(14)24/h4-5,7-8,10-12H,2-3,6,9H2,1H3,(H,25,28)(H,26,27). The summed E-state index contributed by atoms with van der Waals surface area (Å²) in [4.78, 5) is 36.8. The Labute approximate surface area is 186 Å². The molecule has 0 saturated heterocycles. The molecule has 0 unspecified atom stereocenters. The number of benzene rings is 1. The lowest BCUT2D eigenvalue weighted by atomic mass is 10.1. The Balaban J connectivity index is 1.57. The van der Waals surface area contributed by atoms with E-state index in [0.29, 0.717) is 22.4 Å². The highest BCUT2D eigenvalue weighted by Gasteiger charge is 2.24. The van der Waals surface area contributed by atoms with E-state index in [1.165, 1.54) is 17.6 Å². The van der Waals surface area contributed by atoms with Crippen molar-refractivity contribution in [1.82, 2.24) is 5.32 Å². The normalized spacial score (nSPS) is 10.6. The van der Waals surface area contributed by atoms with Crippen LogP contribution in [-0.2, 0) is 9.53 Å². The van der Waals surface area contributed by atoms with Crippen LogP contribution in [0.25, 0.3) is 11.3 Å². The van der Waals surface area contributed by atoms with Gasteiger partial charge in [-0.25, -0.2) is 13.6 Å². The number of hydrogen-bond acceptors (Lipinski definition) is 6. The van der Waals surface area contributed by atoms with E-state index in [2.05, 4.69) is 10.6 Å². The third kappa shape index (κ3) is 5.58. The number of anilines is 1. The Kier molecular flexibility index (Phi) is 7.72. The van der Waals surface area contributed by atoms with Crippen LogP contribution < -0.4 is 10.6 Å². The first kappa shape index (κ1) is 23.1. The van der Waals surface area contributed by atoms with Gasteiger partial charge < -0.3 is 19.8 Å². The number of carbonyl (C=O) groups excluding carboxylic acids is 3. The second kappa shape index (κ2) is 10.7. The van der Waals surface area contributed by atoms with Crippen LogP contribution in [-0.4, -0.2) is 30.9 Å². The predicted molar refractivity (Wildman–Crippen MR) is 115 cm³/mol. The third-order valence-corrected chi connectivity index (χ3v) is 5.25. The van der Waals surface area contributed by atoms with Gasteiger partial charge in [-0.15, -0.1) is 11.3 Å². The topological polar surface area (TPSA) is 97.6 Å². The zero-order chi connectivity index (χ0) is 23.1. The fourth-order valence-corrected chi connectivity index (χ4v) is 3.83. The molecule has 32 heavy (non-hydrogen) atoms.